The van der Waals surface area contributed by atoms with E-state index in [1.54, 1.807) is 0 Å². The highest BCUT2D eigenvalue weighted by molar-refractivity contribution is 4.90. The molecule has 1 atom stereocenters. The first-order valence-electron chi connectivity index (χ1n) is 5.63. The smallest absolute Gasteiger partial charge is 0.0641 e. The highest BCUT2D eigenvalue weighted by Crippen LogP contribution is 2.27. The Hall–Kier alpha value is -0.120. The van der Waals surface area contributed by atoms with Gasteiger partial charge < -0.3 is 15.2 Å². The second kappa shape index (κ2) is 3.80. The third-order valence-corrected chi connectivity index (χ3v) is 3.28. The van der Waals surface area contributed by atoms with Crippen LogP contribution in [0.25, 0.3) is 0 Å². The monoisotopic (exact) mass is 199 g/mol. The van der Waals surface area contributed by atoms with Crippen molar-refractivity contribution in [3.05, 3.63) is 0 Å². The van der Waals surface area contributed by atoms with Gasteiger partial charge >= 0.3 is 0 Å². The summed E-state index contributed by atoms with van der Waals surface area (Å²) >= 11 is 0. The van der Waals surface area contributed by atoms with Crippen molar-refractivity contribution in [1.29, 1.82) is 0 Å². The second-order valence-corrected chi connectivity index (χ2v) is 5.29. The maximum atomic E-state index is 9.19. The van der Waals surface area contributed by atoms with Crippen LogP contribution in [0.3, 0.4) is 0 Å². The molecule has 0 aromatic carbocycles. The number of hydrogen-bond acceptors (Lipinski definition) is 3. The van der Waals surface area contributed by atoms with E-state index in [4.69, 9.17) is 4.74 Å². The minimum atomic E-state index is -0.0552. The van der Waals surface area contributed by atoms with Crippen LogP contribution in [-0.4, -0.2) is 35.5 Å². The Kier molecular flexibility index (Phi) is 2.82. The summed E-state index contributed by atoms with van der Waals surface area (Å²) in [5.74, 6) is 0. The van der Waals surface area contributed by atoms with E-state index in [1.807, 2.05) is 0 Å². The van der Waals surface area contributed by atoms with Gasteiger partial charge in [0, 0.05) is 18.7 Å². The molecular formula is C11H21NO2. The van der Waals surface area contributed by atoms with Crippen LogP contribution in [-0.2, 0) is 4.74 Å². The molecule has 1 unspecified atom stereocenters. The third-order valence-electron chi connectivity index (χ3n) is 3.28. The number of nitrogens with one attached hydrogen (secondary N) is 1. The molecule has 0 aromatic rings. The quantitative estimate of drug-likeness (QED) is 0.698. The number of hydrogen-bond donors (Lipinski definition) is 2. The van der Waals surface area contributed by atoms with Gasteiger partial charge in [0.15, 0.2) is 0 Å². The van der Waals surface area contributed by atoms with Gasteiger partial charge in [-0.1, -0.05) is 0 Å². The Labute approximate surface area is 85.8 Å². The van der Waals surface area contributed by atoms with Crippen molar-refractivity contribution < 1.29 is 9.84 Å². The van der Waals surface area contributed by atoms with E-state index in [0.717, 1.165) is 32.3 Å². The number of aliphatic hydroxyl groups is 1. The fourth-order valence-electron chi connectivity index (χ4n) is 2.43. The maximum Gasteiger partial charge on any atom is 0.0641 e. The topological polar surface area (TPSA) is 41.5 Å². The van der Waals surface area contributed by atoms with E-state index < -0.39 is 0 Å². The van der Waals surface area contributed by atoms with Crippen molar-refractivity contribution in [2.75, 3.05) is 6.61 Å². The van der Waals surface area contributed by atoms with Gasteiger partial charge in [0.2, 0.25) is 0 Å². The molecule has 1 saturated carbocycles. The predicted octanol–water partition coefficient (Wildman–Crippen LogP) is 1.06. The lowest BCUT2D eigenvalue weighted by molar-refractivity contribution is -0.0678. The van der Waals surface area contributed by atoms with Crippen LogP contribution < -0.4 is 5.32 Å². The lowest BCUT2D eigenvalue weighted by Gasteiger charge is -2.41. The zero-order valence-corrected chi connectivity index (χ0v) is 9.12. The average Bonchev–Trinajstić information content (AvgIpc) is 1.99. The average molecular weight is 199 g/mol. The maximum absolute atomic E-state index is 9.19. The Morgan fingerprint density at radius 1 is 1.29 bits per heavy atom. The lowest BCUT2D eigenvalue weighted by atomic mass is 9.86. The van der Waals surface area contributed by atoms with Crippen molar-refractivity contribution in [1.82, 2.24) is 5.32 Å². The van der Waals surface area contributed by atoms with Crippen molar-refractivity contribution in [3.8, 4) is 0 Å². The molecule has 1 aliphatic carbocycles. The SMILES string of the molecule is CC1(C)CC(NC2CC(O)C2)CCO1. The Morgan fingerprint density at radius 2 is 2.00 bits per heavy atom. The molecule has 2 N–H and O–H groups in total. The normalized spacial score (nSPS) is 41.8. The largest absolute Gasteiger partial charge is 0.393 e. The van der Waals surface area contributed by atoms with Crippen LogP contribution in [0.1, 0.15) is 39.5 Å². The first-order chi connectivity index (χ1) is 6.55. The molecule has 3 heteroatoms. The molecule has 0 bridgehead atoms. The molecule has 0 spiro atoms. The summed E-state index contributed by atoms with van der Waals surface area (Å²) in [4.78, 5) is 0. The molecule has 1 aliphatic heterocycles. The van der Waals surface area contributed by atoms with Crippen LogP contribution in [0.2, 0.25) is 0 Å². The zero-order chi connectivity index (χ0) is 10.2. The molecule has 0 aromatic heterocycles. The van der Waals surface area contributed by atoms with Gasteiger partial charge in [0.05, 0.1) is 11.7 Å². The van der Waals surface area contributed by atoms with Crippen LogP contribution in [0.4, 0.5) is 0 Å². The summed E-state index contributed by atoms with van der Waals surface area (Å²) in [5, 5.41) is 12.8. The van der Waals surface area contributed by atoms with Crippen LogP contribution in [0, 0.1) is 0 Å². The fourth-order valence-corrected chi connectivity index (χ4v) is 2.43. The highest BCUT2D eigenvalue weighted by atomic mass is 16.5. The van der Waals surface area contributed by atoms with Crippen molar-refractivity contribution >= 4 is 0 Å². The van der Waals surface area contributed by atoms with Crippen molar-refractivity contribution in [2.45, 2.75) is 63.3 Å². The second-order valence-electron chi connectivity index (χ2n) is 5.29. The Balaban J connectivity index is 1.75. The van der Waals surface area contributed by atoms with E-state index in [1.165, 1.54) is 0 Å². The molecule has 82 valence electrons. The Morgan fingerprint density at radius 3 is 2.57 bits per heavy atom. The first-order valence-corrected chi connectivity index (χ1v) is 5.63. The summed E-state index contributed by atoms with van der Waals surface area (Å²) in [6.45, 7) is 5.16. The Bertz CT molecular complexity index is 199. The summed E-state index contributed by atoms with van der Waals surface area (Å²) < 4.78 is 5.66. The van der Waals surface area contributed by atoms with E-state index in [9.17, 15) is 5.11 Å². The minimum absolute atomic E-state index is 0.0261. The molecule has 0 amide bonds. The van der Waals surface area contributed by atoms with Crippen LogP contribution in [0.5, 0.6) is 0 Å². The molecule has 2 rings (SSSR count). The van der Waals surface area contributed by atoms with E-state index in [0.29, 0.717) is 12.1 Å². The van der Waals surface area contributed by atoms with E-state index in [2.05, 4.69) is 19.2 Å². The van der Waals surface area contributed by atoms with E-state index in [-0.39, 0.29) is 11.7 Å². The van der Waals surface area contributed by atoms with E-state index >= 15 is 0 Å². The molecule has 2 fully saturated rings. The molecule has 14 heavy (non-hydrogen) atoms. The summed E-state index contributed by atoms with van der Waals surface area (Å²) in [6, 6.07) is 1.13. The third kappa shape index (κ3) is 2.47. The van der Waals surface area contributed by atoms with Crippen LogP contribution in [0.15, 0.2) is 0 Å². The molecule has 3 nitrogen and oxygen atoms in total. The van der Waals surface area contributed by atoms with Gasteiger partial charge in [-0.25, -0.2) is 0 Å². The fraction of sp³-hybridized carbons (Fsp3) is 1.00. The van der Waals surface area contributed by atoms with Gasteiger partial charge in [-0.05, 0) is 39.5 Å². The molecule has 1 heterocycles. The zero-order valence-electron chi connectivity index (χ0n) is 9.12. The van der Waals surface area contributed by atoms with Gasteiger partial charge in [-0.3, -0.25) is 0 Å². The molecule has 0 radical (unpaired) electrons. The summed E-state index contributed by atoms with van der Waals surface area (Å²) in [6.07, 6.45) is 3.99. The van der Waals surface area contributed by atoms with Crippen molar-refractivity contribution in [3.63, 3.8) is 0 Å². The minimum Gasteiger partial charge on any atom is -0.393 e. The standard InChI is InChI=1S/C11H21NO2/c1-11(2)7-8(3-4-14-11)12-9-5-10(13)6-9/h8-10,12-13H,3-7H2,1-2H3. The first kappa shape index (κ1) is 10.4. The number of aliphatic hydroxyl groups excluding tert-OH is 1. The number of rotatable bonds is 2. The van der Waals surface area contributed by atoms with Crippen molar-refractivity contribution in [2.24, 2.45) is 0 Å². The number of ether oxygens (including phenoxy) is 1. The lowest BCUT2D eigenvalue weighted by Crippen LogP contribution is -2.52. The van der Waals surface area contributed by atoms with Gasteiger partial charge in [-0.15, -0.1) is 0 Å². The summed E-state index contributed by atoms with van der Waals surface area (Å²) in [7, 11) is 0. The molecule has 1 saturated heterocycles. The predicted molar refractivity (Wildman–Crippen MR) is 55.2 cm³/mol. The highest BCUT2D eigenvalue weighted by Gasteiger charge is 2.33. The molecular weight excluding hydrogens is 178 g/mol. The van der Waals surface area contributed by atoms with Gasteiger partial charge in [0.1, 0.15) is 0 Å². The van der Waals surface area contributed by atoms with Gasteiger partial charge in [-0.2, -0.15) is 0 Å². The summed E-state index contributed by atoms with van der Waals surface area (Å²) in [5.41, 5.74) is 0.0261. The van der Waals surface area contributed by atoms with Crippen LogP contribution >= 0.6 is 0 Å². The van der Waals surface area contributed by atoms with Gasteiger partial charge in [0.25, 0.3) is 0 Å². The molecule has 2 aliphatic rings.